The molecule has 6 nitrogen and oxygen atoms in total. The fraction of sp³-hybridized carbons (Fsp3) is 0.833. The van der Waals surface area contributed by atoms with Crippen LogP contribution in [-0.2, 0) is 4.74 Å². The molecular formula is C24H41N3O3S. The third-order valence-corrected chi connectivity index (χ3v) is 7.94. The van der Waals surface area contributed by atoms with Crippen LogP contribution in [0, 0.1) is 5.41 Å². The summed E-state index contributed by atoms with van der Waals surface area (Å²) in [6.07, 6.45) is 6.67. The number of likely N-dealkylation sites (tertiary alicyclic amines) is 1. The summed E-state index contributed by atoms with van der Waals surface area (Å²) in [5.41, 5.74) is 0.452. The fourth-order valence-electron chi connectivity index (χ4n) is 4.51. The van der Waals surface area contributed by atoms with Crippen LogP contribution in [-0.4, -0.2) is 77.3 Å². The highest BCUT2D eigenvalue weighted by molar-refractivity contribution is 7.09. The minimum Gasteiger partial charge on any atom is -0.396 e. The van der Waals surface area contributed by atoms with Crippen molar-refractivity contribution in [3.05, 3.63) is 16.1 Å². The fourth-order valence-corrected chi connectivity index (χ4v) is 5.32. The number of aromatic nitrogens is 1. The van der Waals surface area contributed by atoms with E-state index in [9.17, 15) is 9.90 Å². The first-order valence-electron chi connectivity index (χ1n) is 12.0. The summed E-state index contributed by atoms with van der Waals surface area (Å²) in [4.78, 5) is 22.1. The Morgan fingerprint density at radius 3 is 2.65 bits per heavy atom. The van der Waals surface area contributed by atoms with E-state index in [1.54, 1.807) is 11.3 Å². The molecule has 2 saturated heterocycles. The Morgan fingerprint density at radius 1 is 1.26 bits per heavy atom. The van der Waals surface area contributed by atoms with E-state index in [2.05, 4.69) is 37.6 Å². The molecule has 1 aromatic rings. The molecule has 0 unspecified atom stereocenters. The summed E-state index contributed by atoms with van der Waals surface area (Å²) in [6, 6.07) is 0. The second kappa shape index (κ2) is 10.7. The van der Waals surface area contributed by atoms with Gasteiger partial charge in [-0.05, 0) is 37.6 Å². The van der Waals surface area contributed by atoms with Gasteiger partial charge in [-0.3, -0.25) is 4.79 Å². The molecular weight excluding hydrogens is 410 g/mol. The standard InChI is InChI=1S/C24H41N3O3S/c1-19(2)21-25-20(16-31-21)22(29)27-14-15-30-24(17-27)9-12-26(13-10-24)11-7-5-6-8-23(3,4)18-28/h16,19,28H,5-15,17-18H2,1-4H3. The lowest BCUT2D eigenvalue weighted by Crippen LogP contribution is -2.58. The highest BCUT2D eigenvalue weighted by Gasteiger charge is 2.41. The zero-order valence-corrected chi connectivity index (χ0v) is 20.7. The summed E-state index contributed by atoms with van der Waals surface area (Å²) in [7, 11) is 0. The third-order valence-electron chi connectivity index (χ3n) is 6.79. The molecule has 0 aromatic carbocycles. The Kier molecular flexibility index (Phi) is 8.52. The lowest BCUT2D eigenvalue weighted by molar-refractivity contribution is -0.127. The van der Waals surface area contributed by atoms with Gasteiger partial charge in [-0.1, -0.05) is 40.5 Å². The maximum Gasteiger partial charge on any atom is 0.273 e. The predicted octanol–water partition coefficient (Wildman–Crippen LogP) is 4.15. The van der Waals surface area contributed by atoms with Crippen molar-refractivity contribution in [2.75, 3.05) is 45.9 Å². The molecule has 0 atom stereocenters. The molecule has 2 aliphatic heterocycles. The Balaban J connectivity index is 1.42. The van der Waals surface area contributed by atoms with Gasteiger partial charge in [-0.25, -0.2) is 4.98 Å². The highest BCUT2D eigenvalue weighted by Crippen LogP contribution is 2.31. The van der Waals surface area contributed by atoms with Crippen molar-refractivity contribution in [1.29, 1.82) is 0 Å². The van der Waals surface area contributed by atoms with Crippen molar-refractivity contribution >= 4 is 17.2 Å². The van der Waals surface area contributed by atoms with Gasteiger partial charge in [-0.2, -0.15) is 0 Å². The Hall–Kier alpha value is -1.02. The predicted molar refractivity (Wildman–Crippen MR) is 126 cm³/mol. The molecule has 1 aromatic heterocycles. The molecule has 2 fully saturated rings. The monoisotopic (exact) mass is 451 g/mol. The molecule has 0 bridgehead atoms. The number of ether oxygens (including phenoxy) is 1. The van der Waals surface area contributed by atoms with E-state index in [1.807, 2.05) is 10.3 Å². The molecule has 31 heavy (non-hydrogen) atoms. The Morgan fingerprint density at radius 2 is 2.00 bits per heavy atom. The van der Waals surface area contributed by atoms with Crippen LogP contribution < -0.4 is 0 Å². The van der Waals surface area contributed by atoms with Gasteiger partial charge in [0.2, 0.25) is 0 Å². The van der Waals surface area contributed by atoms with Crippen molar-refractivity contribution in [2.24, 2.45) is 5.41 Å². The van der Waals surface area contributed by atoms with Crippen molar-refractivity contribution in [3.8, 4) is 0 Å². The Bertz CT molecular complexity index is 711. The first kappa shape index (κ1) is 24.6. The van der Waals surface area contributed by atoms with E-state index < -0.39 is 0 Å². The second-order valence-electron chi connectivity index (χ2n) is 10.5. The quantitative estimate of drug-likeness (QED) is 0.571. The van der Waals surface area contributed by atoms with Gasteiger partial charge in [0, 0.05) is 37.5 Å². The lowest BCUT2D eigenvalue weighted by atomic mass is 9.87. The first-order valence-corrected chi connectivity index (χ1v) is 12.8. The van der Waals surface area contributed by atoms with Gasteiger partial charge in [0.1, 0.15) is 5.69 Å². The van der Waals surface area contributed by atoms with Crippen LogP contribution >= 0.6 is 11.3 Å². The largest absolute Gasteiger partial charge is 0.396 e. The molecule has 7 heteroatoms. The van der Waals surface area contributed by atoms with Crippen LogP contribution in [0.1, 0.15) is 87.6 Å². The van der Waals surface area contributed by atoms with Crippen molar-refractivity contribution < 1.29 is 14.6 Å². The smallest absolute Gasteiger partial charge is 0.273 e. The summed E-state index contributed by atoms with van der Waals surface area (Å²) in [5, 5.41) is 12.3. The van der Waals surface area contributed by atoms with Crippen molar-refractivity contribution in [3.63, 3.8) is 0 Å². The number of hydrogen-bond donors (Lipinski definition) is 1. The van der Waals surface area contributed by atoms with Gasteiger partial charge in [0.25, 0.3) is 5.91 Å². The second-order valence-corrected chi connectivity index (χ2v) is 11.3. The van der Waals surface area contributed by atoms with E-state index in [0.717, 1.165) is 43.9 Å². The number of amides is 1. The average Bonchev–Trinajstić information content (AvgIpc) is 3.25. The van der Waals surface area contributed by atoms with E-state index >= 15 is 0 Å². The van der Waals surface area contributed by atoms with Gasteiger partial charge in [0.15, 0.2) is 0 Å². The number of aliphatic hydroxyl groups is 1. The maximum atomic E-state index is 13.0. The van der Waals surface area contributed by atoms with Crippen LogP contribution in [0.2, 0.25) is 0 Å². The van der Waals surface area contributed by atoms with Crippen LogP contribution in [0.25, 0.3) is 0 Å². The normalized spacial score (nSPS) is 20.0. The highest BCUT2D eigenvalue weighted by atomic mass is 32.1. The number of morpholine rings is 1. The Labute approximate surface area is 192 Å². The number of rotatable bonds is 9. The number of piperidine rings is 1. The molecule has 3 rings (SSSR count). The van der Waals surface area contributed by atoms with E-state index in [-0.39, 0.29) is 23.5 Å². The molecule has 1 spiro atoms. The van der Waals surface area contributed by atoms with E-state index in [1.165, 1.54) is 19.3 Å². The molecule has 1 amide bonds. The maximum absolute atomic E-state index is 13.0. The molecule has 1 N–H and O–H groups in total. The molecule has 176 valence electrons. The number of carbonyl (C=O) groups is 1. The van der Waals surface area contributed by atoms with Gasteiger partial charge >= 0.3 is 0 Å². The van der Waals surface area contributed by atoms with Crippen LogP contribution in [0.15, 0.2) is 5.38 Å². The molecule has 0 radical (unpaired) electrons. The molecule has 0 aliphatic carbocycles. The van der Waals surface area contributed by atoms with Crippen molar-refractivity contribution in [2.45, 2.75) is 77.7 Å². The van der Waals surface area contributed by atoms with Crippen LogP contribution in [0.4, 0.5) is 0 Å². The van der Waals surface area contributed by atoms with Crippen LogP contribution in [0.3, 0.4) is 0 Å². The van der Waals surface area contributed by atoms with Gasteiger partial charge in [-0.15, -0.1) is 11.3 Å². The van der Waals surface area contributed by atoms with Crippen molar-refractivity contribution in [1.82, 2.24) is 14.8 Å². The zero-order valence-electron chi connectivity index (χ0n) is 19.9. The molecule has 3 heterocycles. The summed E-state index contributed by atoms with van der Waals surface area (Å²) in [6.45, 7) is 13.9. The first-order chi connectivity index (χ1) is 14.7. The lowest BCUT2D eigenvalue weighted by Gasteiger charge is -2.47. The molecule has 2 aliphatic rings. The number of hydrogen-bond acceptors (Lipinski definition) is 6. The number of thiazole rings is 1. The summed E-state index contributed by atoms with van der Waals surface area (Å²) >= 11 is 1.58. The van der Waals surface area contributed by atoms with Gasteiger partial charge in [0.05, 0.1) is 23.8 Å². The van der Waals surface area contributed by atoms with E-state index in [0.29, 0.717) is 31.3 Å². The average molecular weight is 452 g/mol. The van der Waals surface area contributed by atoms with Crippen LogP contribution in [0.5, 0.6) is 0 Å². The number of aliphatic hydroxyl groups excluding tert-OH is 1. The molecule has 0 saturated carbocycles. The third kappa shape index (κ3) is 6.73. The minimum atomic E-state index is -0.188. The number of carbonyl (C=O) groups excluding carboxylic acids is 1. The summed E-state index contributed by atoms with van der Waals surface area (Å²) in [5.74, 6) is 0.409. The van der Waals surface area contributed by atoms with Gasteiger partial charge < -0.3 is 19.6 Å². The zero-order chi connectivity index (χ0) is 22.5. The number of unbranched alkanes of at least 4 members (excludes halogenated alkanes) is 2. The topological polar surface area (TPSA) is 65.9 Å². The summed E-state index contributed by atoms with van der Waals surface area (Å²) < 4.78 is 6.25. The number of nitrogens with zero attached hydrogens (tertiary/aromatic N) is 3. The SMILES string of the molecule is CC(C)c1nc(C(=O)N2CCOC3(CCN(CCCCCC(C)(C)CO)CC3)C2)cs1. The van der Waals surface area contributed by atoms with E-state index in [4.69, 9.17) is 4.74 Å². The minimum absolute atomic E-state index is 0.0496.